The van der Waals surface area contributed by atoms with Crippen molar-refractivity contribution >= 4 is 5.91 Å². The molecule has 1 amide bonds. The zero-order valence-corrected chi connectivity index (χ0v) is 12.7. The van der Waals surface area contributed by atoms with Crippen LogP contribution in [0.1, 0.15) is 60.5 Å². The minimum atomic E-state index is -0.311. The Labute approximate surface area is 130 Å². The maximum atomic E-state index is 11.9. The van der Waals surface area contributed by atoms with Crippen molar-refractivity contribution in [2.24, 2.45) is 0 Å². The third-order valence-corrected chi connectivity index (χ3v) is 4.96. The highest BCUT2D eigenvalue weighted by molar-refractivity contribution is 5.92. The molecule has 1 saturated heterocycles. The maximum absolute atomic E-state index is 11.9. The van der Waals surface area contributed by atoms with Gasteiger partial charge in [0.2, 0.25) is 0 Å². The monoisotopic (exact) mass is 302 g/mol. The standard InChI is InChI=1S/C17H22N2O3/c20-16(19-14-2-3-14)15-4-1-13(11-18-15)12-5-7-17(8-6-12)21-9-10-22-17/h1,4,11-12,14H,2-3,5-10H2,(H,19,20). The van der Waals surface area contributed by atoms with Crippen LogP contribution in [-0.2, 0) is 9.47 Å². The van der Waals surface area contributed by atoms with Gasteiger partial charge in [0.25, 0.3) is 5.91 Å². The Morgan fingerprint density at radius 2 is 1.86 bits per heavy atom. The number of nitrogens with one attached hydrogen (secondary N) is 1. The lowest BCUT2D eigenvalue weighted by atomic mass is 9.81. The van der Waals surface area contributed by atoms with Crippen molar-refractivity contribution in [2.75, 3.05) is 13.2 Å². The summed E-state index contributed by atoms with van der Waals surface area (Å²) >= 11 is 0. The summed E-state index contributed by atoms with van der Waals surface area (Å²) in [6, 6.07) is 4.27. The lowest BCUT2D eigenvalue weighted by Gasteiger charge is -2.35. The first-order valence-corrected chi connectivity index (χ1v) is 8.29. The van der Waals surface area contributed by atoms with Gasteiger partial charge in [0, 0.05) is 25.1 Å². The van der Waals surface area contributed by atoms with E-state index in [1.54, 1.807) is 0 Å². The van der Waals surface area contributed by atoms with Crippen LogP contribution in [-0.4, -0.2) is 35.9 Å². The van der Waals surface area contributed by atoms with Gasteiger partial charge in [-0.1, -0.05) is 6.07 Å². The van der Waals surface area contributed by atoms with E-state index >= 15 is 0 Å². The Bertz CT molecular complexity index is 538. The highest BCUT2D eigenvalue weighted by Gasteiger charge is 2.40. The number of aromatic nitrogens is 1. The molecule has 0 bridgehead atoms. The zero-order valence-electron chi connectivity index (χ0n) is 12.7. The molecule has 1 aromatic heterocycles. The molecule has 2 saturated carbocycles. The molecule has 2 heterocycles. The number of carbonyl (C=O) groups excluding carboxylic acids is 1. The van der Waals surface area contributed by atoms with Crippen LogP contribution in [0.3, 0.4) is 0 Å². The Hall–Kier alpha value is -1.46. The van der Waals surface area contributed by atoms with Crippen molar-refractivity contribution in [3.05, 3.63) is 29.6 Å². The summed E-state index contributed by atoms with van der Waals surface area (Å²) in [6.07, 6.45) is 8.05. The van der Waals surface area contributed by atoms with E-state index in [2.05, 4.69) is 10.3 Å². The number of nitrogens with zero attached hydrogens (tertiary/aromatic N) is 1. The maximum Gasteiger partial charge on any atom is 0.270 e. The molecule has 5 heteroatoms. The molecule has 2 aliphatic carbocycles. The van der Waals surface area contributed by atoms with Crippen LogP contribution in [0, 0.1) is 0 Å². The molecule has 1 aromatic rings. The average Bonchev–Trinajstić information content (AvgIpc) is 3.26. The lowest BCUT2D eigenvalue weighted by Crippen LogP contribution is -2.34. The second-order valence-electron chi connectivity index (χ2n) is 6.61. The van der Waals surface area contributed by atoms with Crippen molar-refractivity contribution in [1.82, 2.24) is 10.3 Å². The Morgan fingerprint density at radius 1 is 1.14 bits per heavy atom. The molecule has 1 N–H and O–H groups in total. The van der Waals surface area contributed by atoms with Crippen LogP contribution in [0.5, 0.6) is 0 Å². The number of hydrogen-bond donors (Lipinski definition) is 1. The fourth-order valence-corrected chi connectivity index (χ4v) is 3.44. The molecule has 1 spiro atoms. The van der Waals surface area contributed by atoms with E-state index in [0.717, 1.165) is 51.7 Å². The fourth-order valence-electron chi connectivity index (χ4n) is 3.44. The van der Waals surface area contributed by atoms with Crippen LogP contribution in [0.15, 0.2) is 18.3 Å². The van der Waals surface area contributed by atoms with Gasteiger partial charge in [-0.25, -0.2) is 0 Å². The highest BCUT2D eigenvalue weighted by atomic mass is 16.7. The second kappa shape index (κ2) is 5.63. The molecule has 0 radical (unpaired) electrons. The summed E-state index contributed by atoms with van der Waals surface area (Å²) in [5.74, 6) is 0.129. The van der Waals surface area contributed by atoms with Gasteiger partial charge in [-0.05, 0) is 43.2 Å². The molecule has 1 aliphatic heterocycles. The van der Waals surface area contributed by atoms with Crippen molar-refractivity contribution < 1.29 is 14.3 Å². The van der Waals surface area contributed by atoms with E-state index < -0.39 is 0 Å². The van der Waals surface area contributed by atoms with Gasteiger partial charge in [0.1, 0.15) is 5.69 Å². The van der Waals surface area contributed by atoms with Crippen LogP contribution >= 0.6 is 0 Å². The smallest absolute Gasteiger partial charge is 0.270 e. The quantitative estimate of drug-likeness (QED) is 0.931. The number of ether oxygens (including phenoxy) is 2. The van der Waals surface area contributed by atoms with E-state index in [4.69, 9.17) is 9.47 Å². The molecule has 3 fully saturated rings. The van der Waals surface area contributed by atoms with Gasteiger partial charge in [0.05, 0.1) is 13.2 Å². The predicted octanol–water partition coefficient (Wildman–Crippen LogP) is 2.37. The van der Waals surface area contributed by atoms with E-state index in [1.165, 1.54) is 5.56 Å². The molecule has 118 valence electrons. The summed E-state index contributed by atoms with van der Waals surface area (Å²) in [7, 11) is 0. The number of rotatable bonds is 3. The summed E-state index contributed by atoms with van der Waals surface area (Å²) in [6.45, 7) is 1.44. The van der Waals surface area contributed by atoms with Crippen LogP contribution in [0.4, 0.5) is 0 Å². The predicted molar refractivity (Wildman–Crippen MR) is 80.6 cm³/mol. The fraction of sp³-hybridized carbons (Fsp3) is 0.647. The van der Waals surface area contributed by atoms with E-state index in [9.17, 15) is 4.79 Å². The van der Waals surface area contributed by atoms with Crippen molar-refractivity contribution in [3.8, 4) is 0 Å². The minimum absolute atomic E-state index is 0.0515. The first kappa shape index (κ1) is 14.2. The number of hydrogen-bond acceptors (Lipinski definition) is 4. The van der Waals surface area contributed by atoms with Gasteiger partial charge in [-0.15, -0.1) is 0 Å². The van der Waals surface area contributed by atoms with Crippen LogP contribution in [0.25, 0.3) is 0 Å². The van der Waals surface area contributed by atoms with Gasteiger partial charge in [-0.3, -0.25) is 9.78 Å². The van der Waals surface area contributed by atoms with Gasteiger partial charge >= 0.3 is 0 Å². The SMILES string of the molecule is O=C(NC1CC1)c1ccc(C2CCC3(CC2)OCCO3)cn1. The topological polar surface area (TPSA) is 60.5 Å². The Balaban J connectivity index is 1.37. The molecule has 4 rings (SSSR count). The third kappa shape index (κ3) is 2.88. The average molecular weight is 302 g/mol. The first-order valence-electron chi connectivity index (χ1n) is 8.29. The van der Waals surface area contributed by atoms with E-state index in [0.29, 0.717) is 17.7 Å². The second-order valence-corrected chi connectivity index (χ2v) is 6.61. The Morgan fingerprint density at radius 3 is 2.45 bits per heavy atom. The van der Waals surface area contributed by atoms with Crippen molar-refractivity contribution in [1.29, 1.82) is 0 Å². The summed E-state index contributed by atoms with van der Waals surface area (Å²) in [5, 5.41) is 2.97. The number of amides is 1. The largest absolute Gasteiger partial charge is 0.348 e. The summed E-state index contributed by atoms with van der Waals surface area (Å²) in [4.78, 5) is 16.3. The Kier molecular flexibility index (Phi) is 3.62. The van der Waals surface area contributed by atoms with E-state index in [1.807, 2.05) is 18.3 Å². The highest BCUT2D eigenvalue weighted by Crippen LogP contribution is 2.42. The first-order chi connectivity index (χ1) is 10.7. The van der Waals surface area contributed by atoms with Crippen LogP contribution < -0.4 is 5.32 Å². The molecular weight excluding hydrogens is 280 g/mol. The van der Waals surface area contributed by atoms with Crippen LogP contribution in [0.2, 0.25) is 0 Å². The molecule has 22 heavy (non-hydrogen) atoms. The molecule has 5 nitrogen and oxygen atoms in total. The number of pyridine rings is 1. The molecule has 0 unspecified atom stereocenters. The summed E-state index contributed by atoms with van der Waals surface area (Å²) in [5.41, 5.74) is 1.74. The molecule has 0 aromatic carbocycles. The minimum Gasteiger partial charge on any atom is -0.348 e. The molecule has 3 aliphatic rings. The van der Waals surface area contributed by atoms with Crippen molar-refractivity contribution in [2.45, 2.75) is 56.3 Å². The lowest BCUT2D eigenvalue weighted by molar-refractivity contribution is -0.178. The zero-order chi connectivity index (χ0) is 15.0. The number of carbonyl (C=O) groups is 1. The van der Waals surface area contributed by atoms with Gasteiger partial charge in [0.15, 0.2) is 5.79 Å². The van der Waals surface area contributed by atoms with E-state index in [-0.39, 0.29) is 11.7 Å². The summed E-state index contributed by atoms with van der Waals surface area (Å²) < 4.78 is 11.5. The molecular formula is C17H22N2O3. The third-order valence-electron chi connectivity index (χ3n) is 4.96. The van der Waals surface area contributed by atoms with Crippen molar-refractivity contribution in [3.63, 3.8) is 0 Å². The normalized spacial score (nSPS) is 24.5. The van der Waals surface area contributed by atoms with Gasteiger partial charge < -0.3 is 14.8 Å². The van der Waals surface area contributed by atoms with Gasteiger partial charge in [-0.2, -0.15) is 0 Å². The molecule has 0 atom stereocenters.